The van der Waals surface area contributed by atoms with Gasteiger partial charge in [-0.2, -0.15) is 0 Å². The van der Waals surface area contributed by atoms with E-state index in [0.717, 1.165) is 12.1 Å². The minimum absolute atomic E-state index is 0.479. The van der Waals surface area contributed by atoms with Crippen molar-refractivity contribution in [3.63, 3.8) is 0 Å². The Bertz CT molecular complexity index is 373. The van der Waals surface area contributed by atoms with Gasteiger partial charge in [0.2, 0.25) is 0 Å². The van der Waals surface area contributed by atoms with Crippen molar-refractivity contribution in [2.75, 3.05) is 0 Å². The van der Waals surface area contributed by atoms with Crippen molar-refractivity contribution < 1.29 is 27.6 Å². The fraction of sp³-hybridized carbons (Fsp3) is 0.222. The molecule has 1 aromatic carbocycles. The number of carbonyl (C=O) groups is 1. The molecule has 2 unspecified atom stereocenters. The summed E-state index contributed by atoms with van der Waals surface area (Å²) in [6, 6.07) is 6.06. The fourth-order valence-electron chi connectivity index (χ4n) is 1.11. The second-order valence-corrected chi connectivity index (χ2v) is 2.98. The molecule has 0 bridgehead atoms. The van der Waals surface area contributed by atoms with Gasteiger partial charge in [0.25, 0.3) is 0 Å². The Labute approximate surface area is 87.8 Å². The summed E-state index contributed by atoms with van der Waals surface area (Å²) in [4.78, 5) is 10.3. The second kappa shape index (κ2) is 4.48. The summed E-state index contributed by atoms with van der Waals surface area (Å²) in [6.07, 6.45) is -2.99. The lowest BCUT2D eigenvalue weighted by Crippen LogP contribution is -2.47. The molecule has 1 aromatic rings. The van der Waals surface area contributed by atoms with E-state index in [4.69, 9.17) is 5.11 Å². The predicted molar refractivity (Wildman–Crippen MR) is 45.8 cm³/mol. The largest absolute Gasteiger partial charge is 0.478 e. The summed E-state index contributed by atoms with van der Waals surface area (Å²) < 4.78 is 50.9. The maximum Gasteiger partial charge on any atom is 0.366 e. The first kappa shape index (κ1) is 12.4. The van der Waals surface area contributed by atoms with Gasteiger partial charge in [0.1, 0.15) is 0 Å². The normalized spacial score (nSPS) is 16.8. The molecule has 0 aliphatic carbocycles. The van der Waals surface area contributed by atoms with Gasteiger partial charge in [0, 0.05) is 0 Å². The molecule has 2 atom stereocenters. The van der Waals surface area contributed by atoms with Gasteiger partial charge in [-0.15, -0.1) is 0 Å². The van der Waals surface area contributed by atoms with E-state index in [2.05, 4.69) is 0 Å². The van der Waals surface area contributed by atoms with Crippen LogP contribution in [0.15, 0.2) is 30.3 Å². The van der Waals surface area contributed by atoms with E-state index < -0.39 is 28.8 Å². The van der Waals surface area contributed by atoms with Gasteiger partial charge in [-0.3, -0.25) is 0 Å². The molecule has 0 spiro atoms. The average molecular weight is 237 g/mol. The monoisotopic (exact) mass is 237 g/mol. The summed E-state index contributed by atoms with van der Waals surface area (Å²) in [6.45, 7) is 0. The summed E-state index contributed by atoms with van der Waals surface area (Å²) in [5.41, 5.74) is -0.479. The standard InChI is InChI=1S/C9H7F4NO2/c10-7(6-4-2-1-3-5-6)9(11,8(15)16)14(12)13/h1-5,7H,(H,15,16). The lowest BCUT2D eigenvalue weighted by molar-refractivity contribution is -0.294. The highest BCUT2D eigenvalue weighted by Gasteiger charge is 2.56. The van der Waals surface area contributed by atoms with E-state index >= 15 is 0 Å². The van der Waals surface area contributed by atoms with Gasteiger partial charge in [0.05, 0.1) is 5.34 Å². The Morgan fingerprint density at radius 2 is 1.81 bits per heavy atom. The molecule has 1 rings (SSSR count). The Kier molecular flexibility index (Phi) is 3.48. The molecule has 0 aromatic heterocycles. The van der Waals surface area contributed by atoms with Crippen LogP contribution in [0.3, 0.4) is 0 Å². The zero-order chi connectivity index (χ0) is 12.3. The molecule has 3 nitrogen and oxygen atoms in total. The van der Waals surface area contributed by atoms with Crippen LogP contribution >= 0.6 is 0 Å². The second-order valence-electron chi connectivity index (χ2n) is 2.98. The molecule has 88 valence electrons. The van der Waals surface area contributed by atoms with Gasteiger partial charge in [0.15, 0.2) is 6.17 Å². The topological polar surface area (TPSA) is 40.5 Å². The molecule has 0 amide bonds. The highest BCUT2D eigenvalue weighted by Crippen LogP contribution is 2.37. The predicted octanol–water partition coefficient (Wildman–Crippen LogP) is 2.52. The first-order valence-corrected chi connectivity index (χ1v) is 4.13. The summed E-state index contributed by atoms with van der Waals surface area (Å²) in [5, 5.41) is 6.01. The van der Waals surface area contributed by atoms with Gasteiger partial charge >= 0.3 is 11.8 Å². The molecular weight excluding hydrogens is 230 g/mol. The van der Waals surface area contributed by atoms with Gasteiger partial charge in [-0.05, 0) is 5.56 Å². The zero-order valence-corrected chi connectivity index (χ0v) is 7.78. The zero-order valence-electron chi connectivity index (χ0n) is 7.78. The van der Waals surface area contributed by atoms with E-state index in [1.54, 1.807) is 0 Å². The average Bonchev–Trinajstić information content (AvgIpc) is 2.27. The SMILES string of the molecule is O=C(O)C(F)(C(F)c1ccccc1)N(F)F. The van der Waals surface area contributed by atoms with Crippen molar-refractivity contribution in [2.45, 2.75) is 12.0 Å². The van der Waals surface area contributed by atoms with E-state index in [1.165, 1.54) is 18.2 Å². The Morgan fingerprint density at radius 1 is 1.31 bits per heavy atom. The molecule has 0 saturated heterocycles. The number of nitrogens with zero attached hydrogens (tertiary/aromatic N) is 1. The molecule has 16 heavy (non-hydrogen) atoms. The van der Waals surface area contributed by atoms with Crippen molar-refractivity contribution >= 4 is 5.97 Å². The first-order chi connectivity index (χ1) is 7.40. The van der Waals surface area contributed by atoms with Gasteiger partial charge < -0.3 is 5.11 Å². The quantitative estimate of drug-likeness (QED) is 0.497. The molecule has 7 heteroatoms. The van der Waals surface area contributed by atoms with Crippen LogP contribution in [0.4, 0.5) is 17.7 Å². The number of carboxylic acid groups (broad SMARTS) is 1. The van der Waals surface area contributed by atoms with Crippen LogP contribution in [0.2, 0.25) is 0 Å². The third kappa shape index (κ3) is 1.99. The molecule has 0 heterocycles. The highest BCUT2D eigenvalue weighted by atomic mass is 19.4. The number of aliphatic carboxylic acids is 1. The van der Waals surface area contributed by atoms with Crippen LogP contribution in [0.5, 0.6) is 0 Å². The van der Waals surface area contributed by atoms with Crippen molar-refractivity contribution in [1.82, 2.24) is 5.34 Å². The molecule has 0 saturated carbocycles. The molecular formula is C9H7F4NO2. The third-order valence-electron chi connectivity index (χ3n) is 1.97. The number of carboxylic acids is 1. The lowest BCUT2D eigenvalue weighted by Gasteiger charge is -2.23. The number of alkyl halides is 2. The Morgan fingerprint density at radius 3 is 2.19 bits per heavy atom. The molecule has 0 aliphatic heterocycles. The van der Waals surface area contributed by atoms with Crippen LogP contribution < -0.4 is 0 Å². The molecule has 1 N–H and O–H groups in total. The lowest BCUT2D eigenvalue weighted by atomic mass is 10.0. The maximum atomic E-state index is 13.4. The summed E-state index contributed by atoms with van der Waals surface area (Å²) in [7, 11) is 0. The smallest absolute Gasteiger partial charge is 0.366 e. The van der Waals surface area contributed by atoms with E-state index in [0.29, 0.717) is 0 Å². The van der Waals surface area contributed by atoms with E-state index in [1.807, 2.05) is 0 Å². The van der Waals surface area contributed by atoms with Crippen LogP contribution in [0.25, 0.3) is 0 Å². The molecule has 0 radical (unpaired) electrons. The van der Waals surface area contributed by atoms with Crippen molar-refractivity contribution in [2.24, 2.45) is 0 Å². The minimum Gasteiger partial charge on any atom is -0.478 e. The number of halogens is 4. The Hall–Kier alpha value is -1.63. The van der Waals surface area contributed by atoms with E-state index in [9.17, 15) is 22.5 Å². The maximum absolute atomic E-state index is 13.4. The van der Waals surface area contributed by atoms with Crippen LogP contribution in [-0.4, -0.2) is 22.2 Å². The molecule has 0 aliphatic rings. The number of rotatable bonds is 4. The number of hydrogen-bond donors (Lipinski definition) is 1. The van der Waals surface area contributed by atoms with Crippen LogP contribution in [-0.2, 0) is 4.79 Å². The van der Waals surface area contributed by atoms with Crippen molar-refractivity contribution in [1.29, 1.82) is 0 Å². The van der Waals surface area contributed by atoms with Crippen LogP contribution in [0, 0.1) is 0 Å². The van der Waals surface area contributed by atoms with Crippen molar-refractivity contribution in [3.05, 3.63) is 35.9 Å². The molecule has 0 fully saturated rings. The summed E-state index contributed by atoms with van der Waals surface area (Å²) in [5.74, 6) is -6.98. The third-order valence-corrected chi connectivity index (χ3v) is 1.97. The minimum atomic E-state index is -4.39. The van der Waals surface area contributed by atoms with Crippen LogP contribution in [0.1, 0.15) is 11.7 Å². The van der Waals surface area contributed by atoms with Gasteiger partial charge in [-0.25, -0.2) is 13.6 Å². The Balaban J connectivity index is 3.11. The fourth-order valence-corrected chi connectivity index (χ4v) is 1.11. The van der Waals surface area contributed by atoms with Gasteiger partial charge in [-0.1, -0.05) is 39.3 Å². The number of benzene rings is 1. The first-order valence-electron chi connectivity index (χ1n) is 4.13. The highest BCUT2D eigenvalue weighted by molar-refractivity contribution is 5.77. The van der Waals surface area contributed by atoms with E-state index in [-0.39, 0.29) is 0 Å². The number of hydrogen-bond acceptors (Lipinski definition) is 2. The summed E-state index contributed by atoms with van der Waals surface area (Å²) >= 11 is 0. The van der Waals surface area contributed by atoms with Crippen molar-refractivity contribution in [3.8, 4) is 0 Å².